The van der Waals surface area contributed by atoms with Crippen LogP contribution in [0.4, 0.5) is 0 Å². The maximum atomic E-state index is 8.54. The Hall–Kier alpha value is -0.970. The molecule has 0 atom stereocenters. The van der Waals surface area contributed by atoms with Gasteiger partial charge in [-0.3, -0.25) is 0 Å². The largest absolute Gasteiger partial charge is 0.394 e. The molecule has 11 heavy (non-hydrogen) atoms. The summed E-state index contributed by atoms with van der Waals surface area (Å²) in [5.41, 5.74) is 0. The van der Waals surface area contributed by atoms with Crippen molar-refractivity contribution in [2.75, 3.05) is 6.61 Å². The number of nitrogens with zero attached hydrogens (tertiary/aromatic N) is 4. The van der Waals surface area contributed by atoms with Crippen molar-refractivity contribution < 1.29 is 5.11 Å². The van der Waals surface area contributed by atoms with Crippen molar-refractivity contribution in [2.45, 2.75) is 26.3 Å². The highest BCUT2D eigenvalue weighted by Gasteiger charge is 2.05. The molecule has 0 aliphatic carbocycles. The zero-order valence-corrected chi connectivity index (χ0v) is 6.73. The van der Waals surface area contributed by atoms with Crippen LogP contribution < -0.4 is 0 Å². The van der Waals surface area contributed by atoms with Gasteiger partial charge >= 0.3 is 0 Å². The third-order valence-electron chi connectivity index (χ3n) is 1.28. The fourth-order valence-electron chi connectivity index (χ4n) is 0.671. The van der Waals surface area contributed by atoms with Crippen LogP contribution in [0.3, 0.4) is 0 Å². The molecule has 1 rings (SSSR count). The number of hydrogen-bond acceptors (Lipinski definition) is 4. The van der Waals surface area contributed by atoms with Crippen LogP contribution in [0, 0.1) is 0 Å². The highest BCUT2D eigenvalue weighted by Crippen LogP contribution is 2.04. The van der Waals surface area contributed by atoms with Crippen LogP contribution in [0.5, 0.6) is 0 Å². The highest BCUT2D eigenvalue weighted by atomic mass is 16.3. The molecule has 0 spiro atoms. The second kappa shape index (κ2) is 3.43. The van der Waals surface area contributed by atoms with Gasteiger partial charge in [0.05, 0.1) is 13.2 Å². The van der Waals surface area contributed by atoms with Gasteiger partial charge in [0.2, 0.25) is 0 Å². The summed E-state index contributed by atoms with van der Waals surface area (Å²) in [5, 5.41) is 20.1. The van der Waals surface area contributed by atoms with Crippen LogP contribution in [0.25, 0.3) is 0 Å². The van der Waals surface area contributed by atoms with Crippen LogP contribution in [0.1, 0.15) is 25.6 Å². The summed E-state index contributed by atoms with van der Waals surface area (Å²) in [7, 11) is 0. The van der Waals surface area contributed by atoms with Gasteiger partial charge in [0, 0.05) is 5.92 Å². The molecule has 1 N–H and O–H groups in total. The lowest BCUT2D eigenvalue weighted by atomic mass is 10.2. The molecule has 0 fully saturated rings. The Morgan fingerprint density at radius 3 is 2.73 bits per heavy atom. The average molecular weight is 156 g/mol. The predicted octanol–water partition coefficient (Wildman–Crippen LogP) is -0.211. The van der Waals surface area contributed by atoms with E-state index in [0.29, 0.717) is 12.5 Å². The summed E-state index contributed by atoms with van der Waals surface area (Å²) in [6, 6.07) is 0. The SMILES string of the molecule is CC(C)c1nnn(CCO)n1. The minimum absolute atomic E-state index is 0.0495. The molecule has 0 saturated carbocycles. The second-order valence-corrected chi connectivity index (χ2v) is 2.62. The summed E-state index contributed by atoms with van der Waals surface area (Å²) >= 11 is 0. The van der Waals surface area contributed by atoms with E-state index in [2.05, 4.69) is 15.4 Å². The van der Waals surface area contributed by atoms with Gasteiger partial charge in [-0.1, -0.05) is 13.8 Å². The van der Waals surface area contributed by atoms with E-state index in [1.54, 1.807) is 0 Å². The van der Waals surface area contributed by atoms with Crippen molar-refractivity contribution in [1.82, 2.24) is 20.2 Å². The summed E-state index contributed by atoms with van der Waals surface area (Å²) in [5.74, 6) is 1.01. The van der Waals surface area contributed by atoms with Gasteiger partial charge in [-0.2, -0.15) is 4.80 Å². The van der Waals surface area contributed by atoms with Gasteiger partial charge in [0.15, 0.2) is 5.82 Å². The normalized spacial score (nSPS) is 10.9. The van der Waals surface area contributed by atoms with E-state index in [4.69, 9.17) is 5.11 Å². The molecule has 1 heterocycles. The van der Waals surface area contributed by atoms with E-state index in [0.717, 1.165) is 5.82 Å². The molecule has 5 nitrogen and oxygen atoms in total. The van der Waals surface area contributed by atoms with Crippen LogP contribution >= 0.6 is 0 Å². The third-order valence-corrected chi connectivity index (χ3v) is 1.28. The highest BCUT2D eigenvalue weighted by molar-refractivity contribution is 4.84. The Kier molecular flexibility index (Phi) is 2.53. The van der Waals surface area contributed by atoms with Gasteiger partial charge in [0.1, 0.15) is 0 Å². The Bertz CT molecular complexity index is 220. The molecule has 0 amide bonds. The van der Waals surface area contributed by atoms with Gasteiger partial charge in [-0.25, -0.2) is 0 Å². The quantitative estimate of drug-likeness (QED) is 0.657. The molecular formula is C6H12N4O. The zero-order valence-electron chi connectivity index (χ0n) is 6.73. The summed E-state index contributed by atoms with van der Waals surface area (Å²) in [6.07, 6.45) is 0. The molecule has 0 bridgehead atoms. The summed E-state index contributed by atoms with van der Waals surface area (Å²) < 4.78 is 0. The first-order chi connectivity index (χ1) is 5.24. The molecule has 0 aromatic carbocycles. The number of aliphatic hydroxyl groups excluding tert-OH is 1. The number of aromatic nitrogens is 4. The van der Waals surface area contributed by atoms with Crippen LogP contribution in [0.2, 0.25) is 0 Å². The lowest BCUT2D eigenvalue weighted by Gasteiger charge is -1.93. The van der Waals surface area contributed by atoms with Crippen molar-refractivity contribution in [3.63, 3.8) is 0 Å². The van der Waals surface area contributed by atoms with Crippen molar-refractivity contribution >= 4 is 0 Å². The van der Waals surface area contributed by atoms with Crippen LogP contribution in [-0.2, 0) is 6.54 Å². The fourth-order valence-corrected chi connectivity index (χ4v) is 0.671. The lowest BCUT2D eigenvalue weighted by Crippen LogP contribution is -2.06. The molecule has 0 saturated heterocycles. The second-order valence-electron chi connectivity index (χ2n) is 2.62. The molecule has 5 heteroatoms. The van der Waals surface area contributed by atoms with E-state index >= 15 is 0 Å². The van der Waals surface area contributed by atoms with Crippen LogP contribution in [0.15, 0.2) is 0 Å². The smallest absolute Gasteiger partial charge is 0.177 e. The van der Waals surface area contributed by atoms with E-state index in [-0.39, 0.29) is 6.61 Å². The van der Waals surface area contributed by atoms with Gasteiger partial charge in [-0.15, -0.1) is 10.2 Å². The minimum Gasteiger partial charge on any atom is -0.394 e. The Balaban J connectivity index is 2.66. The van der Waals surface area contributed by atoms with Crippen molar-refractivity contribution in [3.05, 3.63) is 5.82 Å². The van der Waals surface area contributed by atoms with Crippen LogP contribution in [-0.4, -0.2) is 31.9 Å². The van der Waals surface area contributed by atoms with E-state index in [1.165, 1.54) is 4.80 Å². The topological polar surface area (TPSA) is 63.8 Å². The van der Waals surface area contributed by atoms with E-state index in [9.17, 15) is 0 Å². The first-order valence-corrected chi connectivity index (χ1v) is 3.62. The number of rotatable bonds is 3. The van der Waals surface area contributed by atoms with Gasteiger partial charge in [0.25, 0.3) is 0 Å². The minimum atomic E-state index is 0.0495. The first-order valence-electron chi connectivity index (χ1n) is 3.62. The van der Waals surface area contributed by atoms with Crippen molar-refractivity contribution in [2.24, 2.45) is 0 Å². The first kappa shape index (κ1) is 8.13. The summed E-state index contributed by atoms with van der Waals surface area (Å²) in [6.45, 7) is 4.47. The summed E-state index contributed by atoms with van der Waals surface area (Å²) in [4.78, 5) is 1.40. The molecule has 1 aromatic heterocycles. The fraction of sp³-hybridized carbons (Fsp3) is 0.833. The lowest BCUT2D eigenvalue weighted by molar-refractivity contribution is 0.259. The molecule has 0 aliphatic rings. The molecule has 0 radical (unpaired) electrons. The third kappa shape index (κ3) is 1.98. The molecule has 0 unspecified atom stereocenters. The monoisotopic (exact) mass is 156 g/mol. The number of aliphatic hydroxyl groups is 1. The average Bonchev–Trinajstić information content (AvgIpc) is 2.37. The standard InChI is InChI=1S/C6H12N4O/c1-5(2)6-7-9-10(8-6)3-4-11/h5,11H,3-4H2,1-2H3. The zero-order chi connectivity index (χ0) is 8.27. The molecule has 0 aliphatic heterocycles. The van der Waals surface area contributed by atoms with E-state index < -0.39 is 0 Å². The maximum absolute atomic E-state index is 8.54. The number of hydrogen-bond donors (Lipinski definition) is 1. The predicted molar refractivity (Wildman–Crippen MR) is 39.0 cm³/mol. The van der Waals surface area contributed by atoms with Crippen molar-refractivity contribution in [1.29, 1.82) is 0 Å². The molecular weight excluding hydrogens is 144 g/mol. The number of tetrazole rings is 1. The Morgan fingerprint density at radius 2 is 2.27 bits per heavy atom. The van der Waals surface area contributed by atoms with E-state index in [1.807, 2.05) is 13.8 Å². The van der Waals surface area contributed by atoms with Gasteiger partial charge in [-0.05, 0) is 5.21 Å². The Labute approximate surface area is 65.0 Å². The molecule has 62 valence electrons. The molecule has 1 aromatic rings. The Morgan fingerprint density at radius 1 is 1.55 bits per heavy atom. The van der Waals surface area contributed by atoms with Gasteiger partial charge < -0.3 is 5.11 Å². The van der Waals surface area contributed by atoms with Crippen molar-refractivity contribution in [3.8, 4) is 0 Å². The maximum Gasteiger partial charge on any atom is 0.177 e.